The molecule has 0 bridgehead atoms. The van der Waals surface area contributed by atoms with Crippen LogP contribution in [0.1, 0.15) is 24.5 Å². The average Bonchev–Trinajstić information content (AvgIpc) is 2.70. The van der Waals surface area contributed by atoms with Crippen molar-refractivity contribution in [2.75, 3.05) is 6.61 Å². The number of benzene rings is 1. The largest absolute Gasteiger partial charge is 0.347 e. The van der Waals surface area contributed by atoms with Crippen molar-refractivity contribution in [2.24, 2.45) is 0 Å². The van der Waals surface area contributed by atoms with Crippen LogP contribution in [0.2, 0.25) is 0 Å². The molecule has 0 radical (unpaired) electrons. The number of ether oxygens (including phenoxy) is 2. The quantitative estimate of drug-likeness (QED) is 0.771. The molecule has 0 spiro atoms. The minimum Gasteiger partial charge on any atom is -0.347 e. The summed E-state index contributed by atoms with van der Waals surface area (Å²) in [6.07, 6.45) is -0.287. The molecule has 3 heteroatoms. The molecule has 0 saturated carbocycles. The zero-order valence-corrected chi connectivity index (χ0v) is 9.14. The molecule has 1 aromatic carbocycles. The third kappa shape index (κ3) is 1.49. The van der Waals surface area contributed by atoms with E-state index in [9.17, 15) is 0 Å². The highest BCUT2D eigenvalue weighted by Crippen LogP contribution is 2.31. The normalized spacial score (nSPS) is 18.9. The first-order chi connectivity index (χ1) is 7.88. The molecule has 0 aliphatic carbocycles. The Morgan fingerprint density at radius 2 is 2.31 bits per heavy atom. The molecule has 82 valence electrons. The van der Waals surface area contributed by atoms with Gasteiger partial charge in [0.05, 0.1) is 12.1 Å². The smallest absolute Gasteiger partial charge is 0.201 e. The summed E-state index contributed by atoms with van der Waals surface area (Å²) >= 11 is 0. The zero-order chi connectivity index (χ0) is 11.0. The van der Waals surface area contributed by atoms with Gasteiger partial charge in [-0.2, -0.15) is 0 Å². The van der Waals surface area contributed by atoms with Crippen LogP contribution in [0.4, 0.5) is 0 Å². The summed E-state index contributed by atoms with van der Waals surface area (Å²) in [6, 6.07) is 10.2. The van der Waals surface area contributed by atoms with E-state index < -0.39 is 0 Å². The molecular weight excluding hydrogens is 202 g/mol. The Hall–Kier alpha value is -1.45. The first-order valence-electron chi connectivity index (χ1n) is 5.50. The Bertz CT molecular complexity index is 524. The second-order valence-corrected chi connectivity index (χ2v) is 3.82. The first kappa shape index (κ1) is 9.75. The summed E-state index contributed by atoms with van der Waals surface area (Å²) in [5.74, 6) is 0. The van der Waals surface area contributed by atoms with Crippen LogP contribution in [0.3, 0.4) is 0 Å². The third-order valence-electron chi connectivity index (χ3n) is 2.77. The lowest BCUT2D eigenvalue weighted by Gasteiger charge is -2.09. The number of hydrogen-bond acceptors (Lipinski definition) is 3. The van der Waals surface area contributed by atoms with Gasteiger partial charge in [-0.05, 0) is 19.1 Å². The molecule has 0 N–H and O–H groups in total. The average molecular weight is 215 g/mol. The summed E-state index contributed by atoms with van der Waals surface area (Å²) in [6.45, 7) is 3.19. The topological polar surface area (TPSA) is 31.4 Å². The third-order valence-corrected chi connectivity index (χ3v) is 2.77. The number of aromatic nitrogens is 1. The van der Waals surface area contributed by atoms with Crippen molar-refractivity contribution in [3.8, 4) is 0 Å². The minimum absolute atomic E-state index is 0.287. The maximum atomic E-state index is 5.55. The van der Waals surface area contributed by atoms with Crippen molar-refractivity contribution in [2.45, 2.75) is 19.8 Å². The maximum Gasteiger partial charge on any atom is 0.201 e. The fraction of sp³-hybridized carbons (Fsp3) is 0.308. The van der Waals surface area contributed by atoms with Gasteiger partial charge in [0.15, 0.2) is 0 Å². The number of rotatable bonds is 2. The van der Waals surface area contributed by atoms with E-state index in [1.54, 1.807) is 0 Å². The van der Waals surface area contributed by atoms with E-state index in [0.717, 1.165) is 22.2 Å². The van der Waals surface area contributed by atoms with Gasteiger partial charge in [-0.1, -0.05) is 18.2 Å². The van der Waals surface area contributed by atoms with Crippen LogP contribution in [0.15, 0.2) is 30.3 Å². The predicted molar refractivity (Wildman–Crippen MR) is 60.9 cm³/mol. The Labute approximate surface area is 94.0 Å². The predicted octanol–water partition coefficient (Wildman–Crippen LogP) is 2.80. The minimum atomic E-state index is -0.287. The van der Waals surface area contributed by atoms with E-state index >= 15 is 0 Å². The van der Waals surface area contributed by atoms with Gasteiger partial charge in [-0.3, -0.25) is 0 Å². The van der Waals surface area contributed by atoms with Gasteiger partial charge in [0.25, 0.3) is 0 Å². The van der Waals surface area contributed by atoms with E-state index in [1.165, 1.54) is 0 Å². The first-order valence-corrected chi connectivity index (χ1v) is 5.50. The van der Waals surface area contributed by atoms with Gasteiger partial charge in [0.1, 0.15) is 5.69 Å². The van der Waals surface area contributed by atoms with Crippen LogP contribution in [0, 0.1) is 0 Å². The summed E-state index contributed by atoms with van der Waals surface area (Å²) in [4.78, 5) is 4.61. The van der Waals surface area contributed by atoms with Gasteiger partial charge in [0, 0.05) is 17.6 Å². The van der Waals surface area contributed by atoms with Crippen LogP contribution < -0.4 is 0 Å². The van der Waals surface area contributed by atoms with E-state index in [0.29, 0.717) is 13.2 Å². The monoisotopic (exact) mass is 215 g/mol. The number of fused-ring (bicyclic) bond motifs is 2. The lowest BCUT2D eigenvalue weighted by molar-refractivity contribution is -0.136. The molecule has 1 atom stereocenters. The number of nitrogens with zero attached hydrogens (tertiary/aromatic N) is 1. The highest BCUT2D eigenvalue weighted by Gasteiger charge is 2.25. The fourth-order valence-electron chi connectivity index (χ4n) is 2.02. The highest BCUT2D eigenvalue weighted by molar-refractivity contribution is 5.79. The fourth-order valence-corrected chi connectivity index (χ4v) is 2.02. The lowest BCUT2D eigenvalue weighted by atomic mass is 10.1. The molecule has 16 heavy (non-hydrogen) atoms. The van der Waals surface area contributed by atoms with E-state index in [2.05, 4.69) is 17.1 Å². The van der Waals surface area contributed by atoms with Crippen LogP contribution in [0.5, 0.6) is 0 Å². The second-order valence-electron chi connectivity index (χ2n) is 3.82. The van der Waals surface area contributed by atoms with Gasteiger partial charge < -0.3 is 9.47 Å². The number of hydrogen-bond donors (Lipinski definition) is 0. The van der Waals surface area contributed by atoms with Crippen LogP contribution in [0.25, 0.3) is 10.9 Å². The summed E-state index contributed by atoms with van der Waals surface area (Å²) < 4.78 is 11.0. The molecule has 1 aliphatic heterocycles. The molecule has 0 fully saturated rings. The molecule has 1 aliphatic rings. The molecule has 0 unspecified atom stereocenters. The molecule has 0 amide bonds. The molecule has 0 saturated heterocycles. The Kier molecular flexibility index (Phi) is 2.35. The Balaban J connectivity index is 2.12. The van der Waals surface area contributed by atoms with Crippen molar-refractivity contribution >= 4 is 10.9 Å². The molecule has 3 rings (SSSR count). The SMILES string of the molecule is CCO[C@H]1OCc2cc3ccccc3nc21. The van der Waals surface area contributed by atoms with Crippen molar-refractivity contribution in [3.63, 3.8) is 0 Å². The Morgan fingerprint density at radius 1 is 1.44 bits per heavy atom. The van der Waals surface area contributed by atoms with Crippen LogP contribution >= 0.6 is 0 Å². The highest BCUT2D eigenvalue weighted by atomic mass is 16.7. The maximum absolute atomic E-state index is 5.55. The van der Waals surface area contributed by atoms with Gasteiger partial charge in [-0.15, -0.1) is 0 Å². The van der Waals surface area contributed by atoms with Gasteiger partial charge in [0.2, 0.25) is 6.29 Å². The summed E-state index contributed by atoms with van der Waals surface area (Å²) in [5.41, 5.74) is 3.06. The number of pyridine rings is 1. The lowest BCUT2D eigenvalue weighted by Crippen LogP contribution is -2.03. The van der Waals surface area contributed by atoms with Gasteiger partial charge in [-0.25, -0.2) is 4.98 Å². The standard InChI is InChI=1S/C13H13NO2/c1-2-15-13-12-10(8-16-13)7-9-5-3-4-6-11(9)14-12/h3-7,13H,2,8H2,1H3/t13-/m0/s1. The van der Waals surface area contributed by atoms with E-state index in [4.69, 9.17) is 9.47 Å². The summed E-state index contributed by atoms with van der Waals surface area (Å²) in [5, 5.41) is 1.15. The van der Waals surface area contributed by atoms with Crippen LogP contribution in [-0.4, -0.2) is 11.6 Å². The van der Waals surface area contributed by atoms with Crippen molar-refractivity contribution in [1.82, 2.24) is 4.98 Å². The van der Waals surface area contributed by atoms with E-state index in [1.807, 2.05) is 25.1 Å². The van der Waals surface area contributed by atoms with Crippen molar-refractivity contribution in [1.29, 1.82) is 0 Å². The van der Waals surface area contributed by atoms with Crippen molar-refractivity contribution in [3.05, 3.63) is 41.6 Å². The van der Waals surface area contributed by atoms with E-state index in [-0.39, 0.29) is 6.29 Å². The Morgan fingerprint density at radius 3 is 3.19 bits per heavy atom. The molecule has 2 heterocycles. The molecule has 2 aromatic rings. The van der Waals surface area contributed by atoms with Gasteiger partial charge >= 0.3 is 0 Å². The molecule has 1 aromatic heterocycles. The molecular formula is C13H13NO2. The number of para-hydroxylation sites is 1. The van der Waals surface area contributed by atoms with Crippen molar-refractivity contribution < 1.29 is 9.47 Å². The summed E-state index contributed by atoms with van der Waals surface area (Å²) in [7, 11) is 0. The zero-order valence-electron chi connectivity index (χ0n) is 9.14. The molecule has 3 nitrogen and oxygen atoms in total. The van der Waals surface area contributed by atoms with Crippen LogP contribution in [-0.2, 0) is 16.1 Å². The second kappa shape index (κ2) is 3.85.